The third kappa shape index (κ3) is 3.10. The molecule has 0 aromatic carbocycles. The van der Waals surface area contributed by atoms with Crippen molar-refractivity contribution in [2.45, 2.75) is 44.7 Å². The molecule has 140 valence electrons. The summed E-state index contributed by atoms with van der Waals surface area (Å²) >= 11 is 1.69. The number of nitrogens with zero attached hydrogens (tertiary/aromatic N) is 5. The van der Waals surface area contributed by atoms with Crippen LogP contribution in [-0.4, -0.2) is 38.0 Å². The number of anilines is 1. The normalized spacial score (nSPS) is 14.2. The van der Waals surface area contributed by atoms with E-state index in [-0.39, 0.29) is 17.9 Å². The Labute approximate surface area is 163 Å². The Balaban J connectivity index is 1.87. The average Bonchev–Trinajstić information content (AvgIpc) is 3.10. The number of thioether (sulfide) groups is 1. The minimum Gasteiger partial charge on any atom is -0.305 e. The maximum absolute atomic E-state index is 13.6. The predicted molar refractivity (Wildman–Crippen MR) is 109 cm³/mol. The molecule has 0 bridgehead atoms. The van der Waals surface area contributed by atoms with Gasteiger partial charge in [0.1, 0.15) is 5.03 Å². The quantitative estimate of drug-likeness (QED) is 0.677. The summed E-state index contributed by atoms with van der Waals surface area (Å²) < 4.78 is 1.89. The van der Waals surface area contributed by atoms with E-state index in [9.17, 15) is 4.79 Å². The third-order valence-corrected chi connectivity index (χ3v) is 5.71. The van der Waals surface area contributed by atoms with Gasteiger partial charge in [-0.1, -0.05) is 13.8 Å². The molecule has 0 spiro atoms. The number of amides is 1. The molecule has 1 aliphatic heterocycles. The summed E-state index contributed by atoms with van der Waals surface area (Å²) in [5.74, 6) is 1.05. The summed E-state index contributed by atoms with van der Waals surface area (Å²) in [4.78, 5) is 24.6. The van der Waals surface area contributed by atoms with Gasteiger partial charge in [-0.25, -0.2) is 14.6 Å². The van der Waals surface area contributed by atoms with E-state index < -0.39 is 0 Å². The zero-order valence-corrected chi connectivity index (χ0v) is 16.8. The highest BCUT2D eigenvalue weighted by molar-refractivity contribution is 7.99. The van der Waals surface area contributed by atoms with Crippen LogP contribution in [0.4, 0.5) is 5.69 Å². The second-order valence-corrected chi connectivity index (χ2v) is 8.39. The molecule has 1 aliphatic rings. The third-order valence-electron chi connectivity index (χ3n) is 4.74. The molecule has 0 atom stereocenters. The van der Waals surface area contributed by atoms with Crippen LogP contribution in [0.15, 0.2) is 35.6 Å². The first-order valence-corrected chi connectivity index (χ1v) is 10.2. The molecule has 0 unspecified atom stereocenters. The molecule has 6 nitrogen and oxygen atoms in total. The van der Waals surface area contributed by atoms with Gasteiger partial charge < -0.3 is 4.90 Å². The van der Waals surface area contributed by atoms with Gasteiger partial charge in [0.05, 0.1) is 22.8 Å². The van der Waals surface area contributed by atoms with E-state index in [0.717, 1.165) is 33.2 Å². The summed E-state index contributed by atoms with van der Waals surface area (Å²) in [7, 11) is 0. The van der Waals surface area contributed by atoms with Gasteiger partial charge in [0.15, 0.2) is 5.65 Å². The number of fused-ring (bicyclic) bond motifs is 2. The van der Waals surface area contributed by atoms with Crippen molar-refractivity contribution in [3.63, 3.8) is 0 Å². The molecule has 0 saturated heterocycles. The van der Waals surface area contributed by atoms with Crippen molar-refractivity contribution in [3.8, 4) is 0 Å². The molecule has 4 rings (SSSR count). The van der Waals surface area contributed by atoms with Crippen LogP contribution in [0.2, 0.25) is 0 Å². The number of hydrogen-bond acceptors (Lipinski definition) is 5. The second-order valence-electron chi connectivity index (χ2n) is 7.30. The van der Waals surface area contributed by atoms with E-state index in [1.165, 1.54) is 0 Å². The first-order valence-electron chi connectivity index (χ1n) is 9.25. The Hall–Kier alpha value is -2.41. The van der Waals surface area contributed by atoms with Crippen molar-refractivity contribution in [1.82, 2.24) is 19.7 Å². The SMILES string of the molecule is CC(C)c1cc(C(=O)N2CCSc3ncccc32)c2cnn(C(C)C)c2n1. The molecule has 0 fully saturated rings. The van der Waals surface area contributed by atoms with Gasteiger partial charge in [-0.15, -0.1) is 11.8 Å². The Kier molecular flexibility index (Phi) is 4.63. The van der Waals surface area contributed by atoms with E-state index in [0.29, 0.717) is 12.1 Å². The molecular formula is C20H23N5OS. The van der Waals surface area contributed by atoms with Gasteiger partial charge in [-0.3, -0.25) is 4.79 Å². The highest BCUT2D eigenvalue weighted by Gasteiger charge is 2.27. The summed E-state index contributed by atoms with van der Waals surface area (Å²) in [6.07, 6.45) is 3.54. The lowest BCUT2D eigenvalue weighted by Crippen LogP contribution is -2.36. The van der Waals surface area contributed by atoms with Crippen molar-refractivity contribution in [3.05, 3.63) is 41.9 Å². The van der Waals surface area contributed by atoms with Gasteiger partial charge in [0.25, 0.3) is 5.91 Å². The Morgan fingerprint density at radius 1 is 1.26 bits per heavy atom. The zero-order chi connectivity index (χ0) is 19.1. The van der Waals surface area contributed by atoms with Crippen LogP contribution in [0, 0.1) is 0 Å². The first kappa shape index (κ1) is 18.0. The van der Waals surface area contributed by atoms with Crippen LogP contribution in [-0.2, 0) is 0 Å². The number of rotatable bonds is 3. The summed E-state index contributed by atoms with van der Waals surface area (Å²) in [6, 6.07) is 5.95. The Morgan fingerprint density at radius 2 is 2.07 bits per heavy atom. The molecule has 3 aromatic rings. The second kappa shape index (κ2) is 6.96. The topological polar surface area (TPSA) is 63.9 Å². The summed E-state index contributed by atoms with van der Waals surface area (Å²) in [5, 5.41) is 6.21. The van der Waals surface area contributed by atoms with E-state index in [1.54, 1.807) is 24.2 Å². The highest BCUT2D eigenvalue weighted by Crippen LogP contribution is 2.34. The Bertz CT molecular complexity index is 1010. The molecule has 0 N–H and O–H groups in total. The lowest BCUT2D eigenvalue weighted by atomic mass is 10.0. The maximum atomic E-state index is 13.6. The lowest BCUT2D eigenvalue weighted by Gasteiger charge is -2.28. The average molecular weight is 382 g/mol. The van der Waals surface area contributed by atoms with Crippen LogP contribution in [0.1, 0.15) is 55.7 Å². The predicted octanol–water partition coefficient (Wildman–Crippen LogP) is 4.28. The molecule has 7 heteroatoms. The summed E-state index contributed by atoms with van der Waals surface area (Å²) in [5.41, 5.74) is 3.23. The fourth-order valence-corrected chi connectivity index (χ4v) is 4.23. The largest absolute Gasteiger partial charge is 0.305 e. The van der Waals surface area contributed by atoms with Gasteiger partial charge in [0, 0.05) is 30.2 Å². The zero-order valence-electron chi connectivity index (χ0n) is 16.0. The minimum atomic E-state index is -0.0119. The van der Waals surface area contributed by atoms with Crippen molar-refractivity contribution >= 4 is 34.4 Å². The number of carbonyl (C=O) groups excluding carboxylic acids is 1. The minimum absolute atomic E-state index is 0.0119. The van der Waals surface area contributed by atoms with Gasteiger partial charge in [0.2, 0.25) is 0 Å². The van der Waals surface area contributed by atoms with Crippen molar-refractivity contribution in [2.24, 2.45) is 0 Å². The standard InChI is InChI=1S/C20H23N5OS/c1-12(2)16-10-14(15-11-22-25(13(3)4)18(15)23-16)20(26)24-8-9-27-19-17(24)6-5-7-21-19/h5-7,10-13H,8-9H2,1-4H3. The van der Waals surface area contributed by atoms with Crippen molar-refractivity contribution in [1.29, 1.82) is 0 Å². The van der Waals surface area contributed by atoms with E-state index in [1.807, 2.05) is 27.8 Å². The molecule has 0 radical (unpaired) electrons. The lowest BCUT2D eigenvalue weighted by molar-refractivity contribution is 0.0989. The molecule has 1 amide bonds. The molecule has 4 heterocycles. The smallest absolute Gasteiger partial charge is 0.259 e. The maximum Gasteiger partial charge on any atom is 0.259 e. The first-order chi connectivity index (χ1) is 13.0. The van der Waals surface area contributed by atoms with Crippen molar-refractivity contribution in [2.75, 3.05) is 17.2 Å². The number of carbonyl (C=O) groups is 1. The van der Waals surface area contributed by atoms with E-state index in [2.05, 4.69) is 37.8 Å². The van der Waals surface area contributed by atoms with Crippen molar-refractivity contribution < 1.29 is 4.79 Å². The molecule has 0 saturated carbocycles. The molecule has 3 aromatic heterocycles. The monoisotopic (exact) mass is 381 g/mol. The van der Waals surface area contributed by atoms with Crippen LogP contribution in [0.3, 0.4) is 0 Å². The molecular weight excluding hydrogens is 358 g/mol. The molecule has 0 aliphatic carbocycles. The molecule has 27 heavy (non-hydrogen) atoms. The fraction of sp³-hybridized carbons (Fsp3) is 0.400. The number of aromatic nitrogens is 4. The highest BCUT2D eigenvalue weighted by atomic mass is 32.2. The van der Waals surface area contributed by atoms with Crippen LogP contribution >= 0.6 is 11.8 Å². The van der Waals surface area contributed by atoms with E-state index >= 15 is 0 Å². The number of hydrogen-bond donors (Lipinski definition) is 0. The Morgan fingerprint density at radius 3 is 2.81 bits per heavy atom. The van der Waals surface area contributed by atoms with Gasteiger partial charge >= 0.3 is 0 Å². The van der Waals surface area contributed by atoms with E-state index in [4.69, 9.17) is 4.98 Å². The number of pyridine rings is 2. The fourth-order valence-electron chi connectivity index (χ4n) is 3.30. The van der Waals surface area contributed by atoms with Gasteiger partial charge in [-0.05, 0) is 38.0 Å². The van der Waals surface area contributed by atoms with Crippen LogP contribution in [0.25, 0.3) is 11.0 Å². The summed E-state index contributed by atoms with van der Waals surface area (Å²) in [6.45, 7) is 8.99. The van der Waals surface area contributed by atoms with Crippen LogP contribution < -0.4 is 4.90 Å². The van der Waals surface area contributed by atoms with Crippen LogP contribution in [0.5, 0.6) is 0 Å². The van der Waals surface area contributed by atoms with Gasteiger partial charge in [-0.2, -0.15) is 5.10 Å².